The standard InChI is InChI=1S/C15H13Cl2FO/c16-13-6-5-10(8-14(13)17)7-12(19)9-11-3-1-2-4-15(11)18/h1-6,8,12,19H,7,9H2. The maximum atomic E-state index is 13.5. The molecule has 1 unspecified atom stereocenters. The van der Waals surface area contributed by atoms with Crippen LogP contribution in [0, 0.1) is 5.82 Å². The first kappa shape index (κ1) is 14.3. The Labute approximate surface area is 121 Å². The summed E-state index contributed by atoms with van der Waals surface area (Å²) < 4.78 is 13.5. The van der Waals surface area contributed by atoms with Gasteiger partial charge in [-0.1, -0.05) is 47.5 Å². The molecule has 0 spiro atoms. The number of hydrogen-bond donors (Lipinski definition) is 1. The van der Waals surface area contributed by atoms with Crippen molar-refractivity contribution in [3.05, 3.63) is 69.5 Å². The second-order valence-electron chi connectivity index (χ2n) is 4.40. The van der Waals surface area contributed by atoms with Gasteiger partial charge in [-0.3, -0.25) is 0 Å². The number of aliphatic hydroxyl groups is 1. The van der Waals surface area contributed by atoms with Crippen LogP contribution in [0.3, 0.4) is 0 Å². The smallest absolute Gasteiger partial charge is 0.126 e. The Hall–Kier alpha value is -1.09. The average molecular weight is 299 g/mol. The molecule has 0 aromatic heterocycles. The molecular formula is C15H13Cl2FO. The van der Waals surface area contributed by atoms with E-state index < -0.39 is 6.10 Å². The molecular weight excluding hydrogens is 286 g/mol. The van der Waals surface area contributed by atoms with Crippen molar-refractivity contribution in [1.82, 2.24) is 0 Å². The first-order chi connectivity index (χ1) is 9.06. The zero-order chi connectivity index (χ0) is 13.8. The van der Waals surface area contributed by atoms with Crippen LogP contribution in [0.1, 0.15) is 11.1 Å². The molecule has 4 heteroatoms. The molecule has 0 aliphatic rings. The zero-order valence-corrected chi connectivity index (χ0v) is 11.6. The molecule has 1 atom stereocenters. The third kappa shape index (κ3) is 3.93. The van der Waals surface area contributed by atoms with E-state index in [1.165, 1.54) is 6.07 Å². The van der Waals surface area contributed by atoms with E-state index in [0.717, 1.165) is 5.56 Å². The fourth-order valence-corrected chi connectivity index (χ4v) is 2.25. The Kier molecular flexibility index (Phi) is 4.81. The van der Waals surface area contributed by atoms with Crippen molar-refractivity contribution in [2.75, 3.05) is 0 Å². The highest BCUT2D eigenvalue weighted by Gasteiger charge is 2.10. The summed E-state index contributed by atoms with van der Waals surface area (Å²) in [5.41, 5.74) is 1.38. The highest BCUT2D eigenvalue weighted by atomic mass is 35.5. The van der Waals surface area contributed by atoms with Crippen molar-refractivity contribution >= 4 is 23.2 Å². The van der Waals surface area contributed by atoms with Gasteiger partial charge in [-0.2, -0.15) is 0 Å². The van der Waals surface area contributed by atoms with Crippen molar-refractivity contribution in [3.63, 3.8) is 0 Å². The maximum Gasteiger partial charge on any atom is 0.126 e. The minimum Gasteiger partial charge on any atom is -0.392 e. The number of rotatable bonds is 4. The molecule has 0 bridgehead atoms. The lowest BCUT2D eigenvalue weighted by molar-refractivity contribution is 0.174. The highest BCUT2D eigenvalue weighted by molar-refractivity contribution is 6.42. The van der Waals surface area contributed by atoms with Crippen LogP contribution < -0.4 is 0 Å². The van der Waals surface area contributed by atoms with Crippen molar-refractivity contribution in [1.29, 1.82) is 0 Å². The normalized spacial score (nSPS) is 12.4. The van der Waals surface area contributed by atoms with Crippen LogP contribution in [0.2, 0.25) is 10.0 Å². The summed E-state index contributed by atoms with van der Waals surface area (Å²) in [6.07, 6.45) is 0.0205. The van der Waals surface area contributed by atoms with Crippen molar-refractivity contribution < 1.29 is 9.50 Å². The van der Waals surface area contributed by atoms with Crippen LogP contribution in [0.5, 0.6) is 0 Å². The molecule has 1 nitrogen and oxygen atoms in total. The summed E-state index contributed by atoms with van der Waals surface area (Å²) in [4.78, 5) is 0. The van der Waals surface area contributed by atoms with E-state index in [1.54, 1.807) is 36.4 Å². The van der Waals surface area contributed by atoms with Gasteiger partial charge in [0.05, 0.1) is 16.1 Å². The van der Waals surface area contributed by atoms with E-state index in [9.17, 15) is 9.50 Å². The summed E-state index contributed by atoms with van der Waals surface area (Å²) in [7, 11) is 0. The van der Waals surface area contributed by atoms with Crippen LogP contribution in [-0.4, -0.2) is 11.2 Å². The molecule has 2 aromatic rings. The predicted octanol–water partition coefficient (Wildman–Crippen LogP) is 4.28. The fourth-order valence-electron chi connectivity index (χ4n) is 1.93. The zero-order valence-electron chi connectivity index (χ0n) is 10.1. The minimum atomic E-state index is -0.658. The second kappa shape index (κ2) is 6.38. The van der Waals surface area contributed by atoms with Gasteiger partial charge in [0.15, 0.2) is 0 Å². The Morgan fingerprint density at radius 3 is 2.42 bits per heavy atom. The molecule has 0 amide bonds. The quantitative estimate of drug-likeness (QED) is 0.893. The number of benzene rings is 2. The Morgan fingerprint density at radius 1 is 1.00 bits per heavy atom. The van der Waals surface area contributed by atoms with Crippen LogP contribution in [0.15, 0.2) is 42.5 Å². The summed E-state index contributed by atoms with van der Waals surface area (Å²) in [6.45, 7) is 0. The first-order valence-electron chi connectivity index (χ1n) is 5.91. The van der Waals surface area contributed by atoms with Crippen LogP contribution in [0.25, 0.3) is 0 Å². The number of halogens is 3. The molecule has 0 aliphatic heterocycles. The molecule has 1 N–H and O–H groups in total. The van der Waals surface area contributed by atoms with Crippen molar-refractivity contribution in [2.24, 2.45) is 0 Å². The van der Waals surface area contributed by atoms with E-state index in [4.69, 9.17) is 23.2 Å². The van der Waals surface area contributed by atoms with Gasteiger partial charge in [-0.15, -0.1) is 0 Å². The van der Waals surface area contributed by atoms with Gasteiger partial charge >= 0.3 is 0 Å². The first-order valence-corrected chi connectivity index (χ1v) is 6.67. The SMILES string of the molecule is OC(Cc1ccc(Cl)c(Cl)c1)Cc1ccccc1F. The Bertz CT molecular complexity index is 572. The number of hydrogen-bond acceptors (Lipinski definition) is 1. The molecule has 19 heavy (non-hydrogen) atoms. The van der Waals surface area contributed by atoms with E-state index in [2.05, 4.69) is 0 Å². The van der Waals surface area contributed by atoms with Crippen molar-refractivity contribution in [3.8, 4) is 0 Å². The van der Waals surface area contributed by atoms with Crippen LogP contribution in [-0.2, 0) is 12.8 Å². The maximum absolute atomic E-state index is 13.5. The van der Waals surface area contributed by atoms with Gasteiger partial charge in [-0.05, 0) is 35.7 Å². The van der Waals surface area contributed by atoms with Crippen LogP contribution in [0.4, 0.5) is 4.39 Å². The lowest BCUT2D eigenvalue weighted by atomic mass is 10.0. The highest BCUT2D eigenvalue weighted by Crippen LogP contribution is 2.23. The molecule has 0 radical (unpaired) electrons. The van der Waals surface area contributed by atoms with Crippen molar-refractivity contribution in [2.45, 2.75) is 18.9 Å². The van der Waals surface area contributed by atoms with Gasteiger partial charge in [-0.25, -0.2) is 4.39 Å². The molecule has 0 fully saturated rings. The predicted molar refractivity (Wildman–Crippen MR) is 76.3 cm³/mol. The number of aliphatic hydroxyl groups excluding tert-OH is 1. The average Bonchev–Trinajstić information content (AvgIpc) is 2.37. The van der Waals surface area contributed by atoms with Gasteiger partial charge in [0.25, 0.3) is 0 Å². The monoisotopic (exact) mass is 298 g/mol. The summed E-state index contributed by atoms with van der Waals surface area (Å²) in [5, 5.41) is 10.9. The van der Waals surface area contributed by atoms with E-state index >= 15 is 0 Å². The Morgan fingerprint density at radius 2 is 1.74 bits per heavy atom. The van der Waals surface area contributed by atoms with Gasteiger partial charge in [0.1, 0.15) is 5.82 Å². The summed E-state index contributed by atoms with van der Waals surface area (Å²) >= 11 is 11.7. The third-order valence-corrected chi connectivity index (χ3v) is 3.61. The molecule has 0 saturated carbocycles. The van der Waals surface area contributed by atoms with E-state index in [-0.39, 0.29) is 12.2 Å². The molecule has 0 aliphatic carbocycles. The van der Waals surface area contributed by atoms with E-state index in [1.807, 2.05) is 0 Å². The molecule has 100 valence electrons. The minimum absolute atomic E-state index is 0.271. The van der Waals surface area contributed by atoms with Gasteiger partial charge in [0, 0.05) is 6.42 Å². The largest absolute Gasteiger partial charge is 0.392 e. The van der Waals surface area contributed by atoms with Gasteiger partial charge < -0.3 is 5.11 Å². The van der Waals surface area contributed by atoms with Crippen LogP contribution >= 0.6 is 23.2 Å². The molecule has 0 saturated heterocycles. The van der Waals surface area contributed by atoms with E-state index in [0.29, 0.717) is 22.0 Å². The second-order valence-corrected chi connectivity index (χ2v) is 5.22. The lowest BCUT2D eigenvalue weighted by Gasteiger charge is -2.12. The fraction of sp³-hybridized carbons (Fsp3) is 0.200. The lowest BCUT2D eigenvalue weighted by Crippen LogP contribution is -2.14. The summed E-state index contributed by atoms with van der Waals surface area (Å²) in [6, 6.07) is 11.7. The third-order valence-electron chi connectivity index (χ3n) is 2.87. The van der Waals surface area contributed by atoms with Gasteiger partial charge in [0.2, 0.25) is 0 Å². The molecule has 2 rings (SSSR count). The molecule has 2 aromatic carbocycles. The molecule has 0 heterocycles. The topological polar surface area (TPSA) is 20.2 Å². The summed E-state index contributed by atoms with van der Waals surface area (Å²) in [5.74, 6) is -0.296. The Balaban J connectivity index is 2.03.